The zero-order valence-corrected chi connectivity index (χ0v) is 13.5. The molecule has 0 heterocycles. The van der Waals surface area contributed by atoms with Crippen molar-refractivity contribution in [3.05, 3.63) is 29.8 Å². The predicted molar refractivity (Wildman–Crippen MR) is 80.7 cm³/mol. The summed E-state index contributed by atoms with van der Waals surface area (Å²) >= 11 is 0. The van der Waals surface area contributed by atoms with E-state index in [1.165, 1.54) is 6.07 Å². The van der Waals surface area contributed by atoms with E-state index in [0.717, 1.165) is 0 Å². The normalized spacial score (nSPS) is 13.6. The maximum atomic E-state index is 12.5. The molecule has 0 aromatic heterocycles. The molecule has 1 rings (SSSR count). The SMILES string of the molecule is CC(C)(C)c1ccccc1S(=O)(=O)N[C@H](CC(N)=O)C(=O)O. The maximum Gasteiger partial charge on any atom is 0.322 e. The van der Waals surface area contributed by atoms with Gasteiger partial charge in [0.05, 0.1) is 11.3 Å². The minimum absolute atomic E-state index is 0.0155. The third-order valence-corrected chi connectivity index (χ3v) is 4.52. The highest BCUT2D eigenvalue weighted by Gasteiger charge is 2.30. The second kappa shape index (κ2) is 6.45. The molecule has 0 radical (unpaired) electrons. The summed E-state index contributed by atoms with van der Waals surface area (Å²) in [6.45, 7) is 5.54. The molecule has 8 heteroatoms. The van der Waals surface area contributed by atoms with Crippen LogP contribution in [0.25, 0.3) is 0 Å². The lowest BCUT2D eigenvalue weighted by Crippen LogP contribution is -2.43. The van der Waals surface area contributed by atoms with Crippen LogP contribution in [-0.4, -0.2) is 31.4 Å². The van der Waals surface area contributed by atoms with Crippen LogP contribution in [0, 0.1) is 0 Å². The van der Waals surface area contributed by atoms with Gasteiger partial charge in [-0.3, -0.25) is 9.59 Å². The van der Waals surface area contributed by atoms with Crippen molar-refractivity contribution in [1.29, 1.82) is 0 Å². The van der Waals surface area contributed by atoms with E-state index in [1.54, 1.807) is 18.2 Å². The van der Waals surface area contributed by atoms with E-state index in [9.17, 15) is 18.0 Å². The average molecular weight is 328 g/mol. The highest BCUT2D eigenvalue weighted by molar-refractivity contribution is 7.89. The molecular formula is C14H20N2O5S. The van der Waals surface area contributed by atoms with Crippen LogP contribution in [-0.2, 0) is 25.0 Å². The Morgan fingerprint density at radius 1 is 1.27 bits per heavy atom. The highest BCUT2D eigenvalue weighted by Crippen LogP contribution is 2.28. The van der Waals surface area contributed by atoms with Gasteiger partial charge in [-0.05, 0) is 17.0 Å². The molecule has 22 heavy (non-hydrogen) atoms. The lowest BCUT2D eigenvalue weighted by Gasteiger charge is -2.23. The van der Waals surface area contributed by atoms with Crippen LogP contribution in [0.5, 0.6) is 0 Å². The Labute approximate surface area is 129 Å². The lowest BCUT2D eigenvalue weighted by atomic mass is 9.87. The van der Waals surface area contributed by atoms with Gasteiger partial charge in [0.25, 0.3) is 0 Å². The number of sulfonamides is 1. The van der Waals surface area contributed by atoms with Crippen molar-refractivity contribution in [2.45, 2.75) is 43.5 Å². The molecular weight excluding hydrogens is 308 g/mol. The zero-order chi connectivity index (χ0) is 17.1. The molecule has 0 aliphatic heterocycles. The molecule has 1 aromatic rings. The molecule has 0 bridgehead atoms. The molecule has 1 amide bonds. The maximum absolute atomic E-state index is 12.5. The summed E-state index contributed by atoms with van der Waals surface area (Å²) in [6, 6.07) is 4.71. The van der Waals surface area contributed by atoms with E-state index in [-0.39, 0.29) is 4.90 Å². The Morgan fingerprint density at radius 3 is 2.27 bits per heavy atom. The molecule has 0 aliphatic carbocycles. The smallest absolute Gasteiger partial charge is 0.322 e. The number of hydrogen-bond acceptors (Lipinski definition) is 4. The van der Waals surface area contributed by atoms with Gasteiger partial charge >= 0.3 is 5.97 Å². The van der Waals surface area contributed by atoms with Crippen molar-refractivity contribution in [3.63, 3.8) is 0 Å². The van der Waals surface area contributed by atoms with E-state index in [2.05, 4.69) is 0 Å². The van der Waals surface area contributed by atoms with Crippen molar-refractivity contribution >= 4 is 21.9 Å². The van der Waals surface area contributed by atoms with E-state index in [4.69, 9.17) is 10.8 Å². The van der Waals surface area contributed by atoms with E-state index in [0.29, 0.717) is 5.56 Å². The van der Waals surface area contributed by atoms with Crippen LogP contribution in [0.15, 0.2) is 29.2 Å². The Balaban J connectivity index is 3.25. The largest absolute Gasteiger partial charge is 0.480 e. The quantitative estimate of drug-likeness (QED) is 0.704. The Hall–Kier alpha value is -1.93. The Kier molecular flexibility index (Phi) is 5.31. The van der Waals surface area contributed by atoms with E-state index in [1.807, 2.05) is 25.5 Å². The molecule has 0 aliphatic rings. The summed E-state index contributed by atoms with van der Waals surface area (Å²) in [6.07, 6.45) is -0.619. The number of primary amides is 1. The fourth-order valence-corrected chi connectivity index (χ4v) is 3.56. The van der Waals surface area contributed by atoms with Gasteiger partial charge < -0.3 is 10.8 Å². The van der Waals surface area contributed by atoms with Crippen LogP contribution in [0.2, 0.25) is 0 Å². The van der Waals surface area contributed by atoms with Crippen LogP contribution < -0.4 is 10.5 Å². The Bertz CT molecular complexity index is 677. The summed E-state index contributed by atoms with van der Waals surface area (Å²) < 4.78 is 27.0. The van der Waals surface area contributed by atoms with Crippen molar-refractivity contribution < 1.29 is 23.1 Å². The fraction of sp³-hybridized carbons (Fsp3) is 0.429. The minimum atomic E-state index is -4.10. The van der Waals surface area contributed by atoms with E-state index >= 15 is 0 Å². The number of nitrogens with two attached hydrogens (primary N) is 1. The number of nitrogens with one attached hydrogen (secondary N) is 1. The topological polar surface area (TPSA) is 127 Å². The number of carboxylic acids is 1. The van der Waals surface area contributed by atoms with Gasteiger partial charge in [-0.2, -0.15) is 4.72 Å². The van der Waals surface area contributed by atoms with Crippen molar-refractivity contribution in [3.8, 4) is 0 Å². The number of rotatable bonds is 6. The van der Waals surface area contributed by atoms with Gasteiger partial charge in [0.1, 0.15) is 6.04 Å². The second-order valence-corrected chi connectivity index (χ2v) is 7.61. The first kappa shape index (κ1) is 18.1. The molecule has 0 saturated heterocycles. The highest BCUT2D eigenvalue weighted by atomic mass is 32.2. The minimum Gasteiger partial charge on any atom is -0.480 e. The van der Waals surface area contributed by atoms with Gasteiger partial charge in [0.15, 0.2) is 0 Å². The summed E-state index contributed by atoms with van der Waals surface area (Å²) in [7, 11) is -4.10. The molecule has 122 valence electrons. The third-order valence-electron chi connectivity index (χ3n) is 2.99. The molecule has 0 spiro atoms. The summed E-state index contributed by atoms with van der Waals surface area (Å²) in [5.41, 5.74) is 5.05. The summed E-state index contributed by atoms with van der Waals surface area (Å²) in [4.78, 5) is 22.0. The van der Waals surface area contributed by atoms with Crippen molar-refractivity contribution in [2.75, 3.05) is 0 Å². The number of carboxylic acid groups (broad SMARTS) is 1. The van der Waals surface area contributed by atoms with Crippen LogP contribution in [0.3, 0.4) is 0 Å². The molecule has 4 N–H and O–H groups in total. The molecule has 0 fully saturated rings. The van der Waals surface area contributed by atoms with Gasteiger partial charge in [-0.15, -0.1) is 0 Å². The van der Waals surface area contributed by atoms with Crippen LogP contribution >= 0.6 is 0 Å². The first-order valence-electron chi connectivity index (χ1n) is 6.58. The number of carbonyl (C=O) groups is 2. The number of carbonyl (C=O) groups excluding carboxylic acids is 1. The van der Waals surface area contributed by atoms with Gasteiger partial charge in [-0.1, -0.05) is 39.0 Å². The number of aliphatic carboxylic acids is 1. The fourth-order valence-electron chi connectivity index (χ4n) is 1.95. The molecule has 0 saturated carbocycles. The molecule has 7 nitrogen and oxygen atoms in total. The second-order valence-electron chi connectivity index (χ2n) is 5.93. The predicted octanol–water partition coefficient (Wildman–Crippen LogP) is 0.591. The van der Waals surface area contributed by atoms with Crippen LogP contribution in [0.4, 0.5) is 0 Å². The van der Waals surface area contributed by atoms with Gasteiger partial charge in [-0.25, -0.2) is 8.42 Å². The van der Waals surface area contributed by atoms with Crippen molar-refractivity contribution in [1.82, 2.24) is 4.72 Å². The van der Waals surface area contributed by atoms with Crippen molar-refractivity contribution in [2.24, 2.45) is 5.73 Å². The zero-order valence-electron chi connectivity index (χ0n) is 12.7. The molecule has 0 unspecified atom stereocenters. The monoisotopic (exact) mass is 328 g/mol. The standard InChI is InChI=1S/C14H20N2O5S/c1-14(2,3)9-6-4-5-7-11(9)22(20,21)16-10(13(18)19)8-12(15)17/h4-7,10,16H,8H2,1-3H3,(H2,15,17)(H,18,19)/t10-/m1/s1. The number of benzene rings is 1. The van der Waals surface area contributed by atoms with Crippen LogP contribution in [0.1, 0.15) is 32.8 Å². The first-order chi connectivity index (χ1) is 9.95. The third kappa shape index (κ3) is 4.54. The number of hydrogen-bond donors (Lipinski definition) is 3. The summed E-state index contributed by atoms with van der Waals surface area (Å²) in [5.74, 6) is -2.37. The Morgan fingerprint density at radius 2 is 1.82 bits per heavy atom. The van der Waals surface area contributed by atoms with Gasteiger partial charge in [0.2, 0.25) is 15.9 Å². The summed E-state index contributed by atoms with van der Waals surface area (Å²) in [5, 5.41) is 9.03. The van der Waals surface area contributed by atoms with Gasteiger partial charge in [0, 0.05) is 0 Å². The average Bonchev–Trinajstić information content (AvgIpc) is 2.36. The molecule has 1 aromatic carbocycles. The molecule has 1 atom stereocenters. The first-order valence-corrected chi connectivity index (χ1v) is 8.06. The van der Waals surface area contributed by atoms with E-state index < -0.39 is 39.8 Å². The lowest BCUT2D eigenvalue weighted by molar-refractivity contribution is -0.140. The number of amides is 1.